The van der Waals surface area contributed by atoms with E-state index in [9.17, 15) is 0 Å². The van der Waals surface area contributed by atoms with Crippen molar-refractivity contribution in [2.75, 3.05) is 14.1 Å². The molecule has 1 unspecified atom stereocenters. The summed E-state index contributed by atoms with van der Waals surface area (Å²) in [4.78, 5) is 0. The molecule has 0 aliphatic carbocycles. The van der Waals surface area contributed by atoms with E-state index in [0.29, 0.717) is 6.04 Å². The zero-order valence-corrected chi connectivity index (χ0v) is 11.6. The van der Waals surface area contributed by atoms with Crippen LogP contribution in [0.4, 0.5) is 0 Å². The predicted octanol–water partition coefficient (Wildman–Crippen LogP) is 3.86. The van der Waals surface area contributed by atoms with E-state index in [4.69, 9.17) is 11.6 Å². The van der Waals surface area contributed by atoms with Gasteiger partial charge in [0.15, 0.2) is 0 Å². The lowest BCUT2D eigenvalue weighted by atomic mass is 9.99. The summed E-state index contributed by atoms with van der Waals surface area (Å²) < 4.78 is 0. The fourth-order valence-electron chi connectivity index (χ4n) is 2.68. The van der Waals surface area contributed by atoms with Crippen LogP contribution in [0.15, 0.2) is 35.5 Å². The minimum Gasteiger partial charge on any atom is -0.312 e. The molecular formula is C14H19ClN2. The van der Waals surface area contributed by atoms with Gasteiger partial charge in [-0.15, -0.1) is 0 Å². The quantitative estimate of drug-likeness (QED) is 0.787. The SMILES string of the molecule is CCC1=C(C)C(c2ccc(Cl)cc2)N(C)N1C. The minimum absolute atomic E-state index is 0.340. The van der Waals surface area contributed by atoms with Crippen LogP contribution in [0.2, 0.25) is 5.02 Å². The Hall–Kier alpha value is -0.990. The van der Waals surface area contributed by atoms with Crippen molar-refractivity contribution < 1.29 is 0 Å². The van der Waals surface area contributed by atoms with Crippen LogP contribution in [-0.2, 0) is 0 Å². The molecule has 0 aromatic heterocycles. The molecule has 1 aromatic carbocycles. The highest BCUT2D eigenvalue weighted by molar-refractivity contribution is 6.30. The van der Waals surface area contributed by atoms with E-state index in [2.05, 4.69) is 50.1 Å². The predicted molar refractivity (Wildman–Crippen MR) is 72.7 cm³/mol. The van der Waals surface area contributed by atoms with Gasteiger partial charge in [-0.3, -0.25) is 0 Å². The molecule has 0 saturated carbocycles. The van der Waals surface area contributed by atoms with Gasteiger partial charge >= 0.3 is 0 Å². The molecule has 0 N–H and O–H groups in total. The number of hydrogen-bond donors (Lipinski definition) is 0. The summed E-state index contributed by atoms with van der Waals surface area (Å²) in [5, 5.41) is 5.31. The molecule has 2 rings (SSSR count). The molecule has 1 aromatic rings. The topological polar surface area (TPSA) is 6.48 Å². The lowest BCUT2D eigenvalue weighted by molar-refractivity contribution is 0.0584. The Morgan fingerprint density at radius 2 is 1.76 bits per heavy atom. The summed E-state index contributed by atoms with van der Waals surface area (Å²) >= 11 is 5.94. The molecule has 2 nitrogen and oxygen atoms in total. The van der Waals surface area contributed by atoms with Gasteiger partial charge in [0.05, 0.1) is 6.04 Å². The van der Waals surface area contributed by atoms with Crippen molar-refractivity contribution in [3.8, 4) is 0 Å². The molecule has 0 amide bonds. The molecule has 1 aliphatic rings. The summed E-state index contributed by atoms with van der Waals surface area (Å²) in [6.45, 7) is 4.42. The Bertz CT molecular complexity index is 436. The molecule has 0 spiro atoms. The normalized spacial score (nSPS) is 21.5. The first kappa shape index (κ1) is 12.5. The lowest BCUT2D eigenvalue weighted by Gasteiger charge is -2.29. The van der Waals surface area contributed by atoms with Crippen LogP contribution in [0.5, 0.6) is 0 Å². The molecule has 92 valence electrons. The lowest BCUT2D eigenvalue weighted by Crippen LogP contribution is -2.32. The second-order valence-corrected chi connectivity index (χ2v) is 4.97. The van der Waals surface area contributed by atoms with Crippen LogP contribution < -0.4 is 0 Å². The van der Waals surface area contributed by atoms with Gasteiger partial charge in [0, 0.05) is 24.8 Å². The Morgan fingerprint density at radius 1 is 1.18 bits per heavy atom. The second kappa shape index (κ2) is 4.71. The highest BCUT2D eigenvalue weighted by Gasteiger charge is 2.31. The fraction of sp³-hybridized carbons (Fsp3) is 0.429. The van der Waals surface area contributed by atoms with Gasteiger partial charge in [-0.05, 0) is 36.6 Å². The first-order chi connectivity index (χ1) is 8.06. The summed E-state index contributed by atoms with van der Waals surface area (Å²) in [5.74, 6) is 0. The van der Waals surface area contributed by atoms with E-state index in [1.807, 2.05) is 12.1 Å². The monoisotopic (exact) mass is 250 g/mol. The molecule has 0 radical (unpaired) electrons. The van der Waals surface area contributed by atoms with Crippen LogP contribution >= 0.6 is 11.6 Å². The summed E-state index contributed by atoms with van der Waals surface area (Å²) in [5.41, 5.74) is 4.14. The van der Waals surface area contributed by atoms with Gasteiger partial charge in [0.2, 0.25) is 0 Å². The molecule has 0 fully saturated rings. The van der Waals surface area contributed by atoms with Crippen molar-refractivity contribution in [1.29, 1.82) is 0 Å². The number of allylic oxidation sites excluding steroid dienone is 1. The number of rotatable bonds is 2. The van der Waals surface area contributed by atoms with Crippen LogP contribution in [0.3, 0.4) is 0 Å². The number of hydrogen-bond acceptors (Lipinski definition) is 2. The summed E-state index contributed by atoms with van der Waals surface area (Å²) in [6, 6.07) is 8.48. The molecule has 17 heavy (non-hydrogen) atoms. The van der Waals surface area contributed by atoms with E-state index >= 15 is 0 Å². The molecular weight excluding hydrogens is 232 g/mol. The smallest absolute Gasteiger partial charge is 0.0767 e. The molecule has 0 saturated heterocycles. The second-order valence-electron chi connectivity index (χ2n) is 4.53. The zero-order valence-electron chi connectivity index (χ0n) is 10.9. The Labute approximate surface area is 108 Å². The maximum Gasteiger partial charge on any atom is 0.0767 e. The highest BCUT2D eigenvalue weighted by Crippen LogP contribution is 2.38. The molecule has 3 heteroatoms. The maximum atomic E-state index is 5.94. The van der Waals surface area contributed by atoms with Gasteiger partial charge in [0.25, 0.3) is 0 Å². The van der Waals surface area contributed by atoms with Crippen LogP contribution in [0.25, 0.3) is 0 Å². The van der Waals surface area contributed by atoms with E-state index < -0.39 is 0 Å². The van der Waals surface area contributed by atoms with Gasteiger partial charge in [0.1, 0.15) is 0 Å². The standard InChI is InChI=1S/C14H19ClN2/c1-5-13-10(2)14(17(4)16(13)3)11-6-8-12(15)9-7-11/h6-9,14H,5H2,1-4H3. The van der Waals surface area contributed by atoms with E-state index in [1.54, 1.807) is 0 Å². The third-order valence-corrected chi connectivity index (χ3v) is 3.88. The molecule has 1 atom stereocenters. The number of nitrogens with zero attached hydrogens (tertiary/aromatic N) is 2. The number of hydrazine groups is 1. The Balaban J connectivity index is 2.39. The van der Waals surface area contributed by atoms with Crippen molar-refractivity contribution in [3.63, 3.8) is 0 Å². The van der Waals surface area contributed by atoms with Crippen molar-refractivity contribution >= 4 is 11.6 Å². The van der Waals surface area contributed by atoms with E-state index in [-0.39, 0.29) is 0 Å². The van der Waals surface area contributed by atoms with Gasteiger partial charge in [-0.1, -0.05) is 30.7 Å². The first-order valence-corrected chi connectivity index (χ1v) is 6.35. The average molecular weight is 251 g/mol. The van der Waals surface area contributed by atoms with Crippen molar-refractivity contribution in [2.45, 2.75) is 26.3 Å². The van der Waals surface area contributed by atoms with Crippen molar-refractivity contribution in [3.05, 3.63) is 46.1 Å². The number of halogens is 1. The minimum atomic E-state index is 0.340. The number of likely N-dealkylation sites (N-methyl/N-ethyl adjacent to an activating group) is 1. The largest absolute Gasteiger partial charge is 0.312 e. The van der Waals surface area contributed by atoms with Crippen LogP contribution in [-0.4, -0.2) is 24.1 Å². The van der Waals surface area contributed by atoms with Crippen molar-refractivity contribution in [1.82, 2.24) is 10.0 Å². The van der Waals surface area contributed by atoms with Gasteiger partial charge in [-0.2, -0.15) is 0 Å². The van der Waals surface area contributed by atoms with E-state index in [1.165, 1.54) is 16.8 Å². The zero-order chi connectivity index (χ0) is 12.6. The average Bonchev–Trinajstić information content (AvgIpc) is 2.52. The molecule has 0 bridgehead atoms. The molecule has 1 heterocycles. The Morgan fingerprint density at radius 3 is 2.24 bits per heavy atom. The Kier molecular flexibility index (Phi) is 3.45. The highest BCUT2D eigenvalue weighted by atomic mass is 35.5. The van der Waals surface area contributed by atoms with E-state index in [0.717, 1.165) is 11.4 Å². The fourth-order valence-corrected chi connectivity index (χ4v) is 2.80. The van der Waals surface area contributed by atoms with Crippen LogP contribution in [0.1, 0.15) is 31.9 Å². The van der Waals surface area contributed by atoms with Gasteiger partial charge in [-0.25, -0.2) is 5.01 Å². The van der Waals surface area contributed by atoms with Gasteiger partial charge < -0.3 is 5.01 Å². The summed E-state index contributed by atoms with van der Waals surface area (Å²) in [6.07, 6.45) is 1.07. The maximum absolute atomic E-state index is 5.94. The number of benzene rings is 1. The van der Waals surface area contributed by atoms with Crippen molar-refractivity contribution in [2.24, 2.45) is 0 Å². The third-order valence-electron chi connectivity index (χ3n) is 3.62. The first-order valence-electron chi connectivity index (χ1n) is 5.97. The molecule has 1 aliphatic heterocycles. The third kappa shape index (κ3) is 2.07. The van der Waals surface area contributed by atoms with Crippen LogP contribution in [0, 0.1) is 0 Å². The summed E-state index contributed by atoms with van der Waals surface area (Å²) in [7, 11) is 4.25.